The normalized spacial score (nSPS) is 15.0. The summed E-state index contributed by atoms with van der Waals surface area (Å²) in [6.07, 6.45) is 0.697. The van der Waals surface area contributed by atoms with Crippen LogP contribution in [0.2, 0.25) is 0 Å². The van der Waals surface area contributed by atoms with Gasteiger partial charge in [-0.25, -0.2) is 0 Å². The smallest absolute Gasteiger partial charge is 0.259 e. The SMILES string of the molecule is CCc1noc(C)c1C(=O)N1CC[NH+](Cc2ccc(OC)c(OC)c2)CC1. The number of carbonyl (C=O) groups is 1. The van der Waals surface area contributed by atoms with E-state index in [4.69, 9.17) is 14.0 Å². The summed E-state index contributed by atoms with van der Waals surface area (Å²) >= 11 is 0. The molecule has 1 amide bonds. The Balaban J connectivity index is 1.60. The monoisotopic (exact) mass is 374 g/mol. The zero-order valence-electron chi connectivity index (χ0n) is 16.5. The Kier molecular flexibility index (Phi) is 6.01. The van der Waals surface area contributed by atoms with Crippen molar-refractivity contribution in [1.29, 1.82) is 0 Å². The second kappa shape index (κ2) is 8.43. The molecule has 1 N–H and O–H groups in total. The van der Waals surface area contributed by atoms with E-state index in [9.17, 15) is 4.79 Å². The summed E-state index contributed by atoms with van der Waals surface area (Å²) in [5.41, 5.74) is 2.59. The highest BCUT2D eigenvalue weighted by Crippen LogP contribution is 2.27. The Morgan fingerprint density at radius 3 is 2.56 bits per heavy atom. The van der Waals surface area contributed by atoms with Crippen molar-refractivity contribution in [3.05, 3.63) is 40.8 Å². The standard InChI is InChI=1S/C20H27N3O4/c1-5-16-19(14(2)27-21-16)20(24)23-10-8-22(9-11-23)13-15-6-7-17(25-3)18(12-15)26-4/h6-7,12H,5,8-11,13H2,1-4H3/p+1. The third kappa shape index (κ3) is 4.08. The molecule has 27 heavy (non-hydrogen) atoms. The minimum Gasteiger partial charge on any atom is -0.493 e. The highest BCUT2D eigenvalue weighted by molar-refractivity contribution is 5.96. The summed E-state index contributed by atoms with van der Waals surface area (Å²) in [6.45, 7) is 7.97. The molecule has 0 spiro atoms. The molecule has 0 saturated carbocycles. The number of hydrogen-bond donors (Lipinski definition) is 1. The van der Waals surface area contributed by atoms with E-state index in [-0.39, 0.29) is 5.91 Å². The molecule has 1 aromatic carbocycles. The number of methoxy groups -OCH3 is 2. The number of aryl methyl sites for hydroxylation is 2. The number of benzene rings is 1. The van der Waals surface area contributed by atoms with Gasteiger partial charge in [-0.2, -0.15) is 0 Å². The number of carbonyl (C=O) groups excluding carboxylic acids is 1. The third-order valence-corrected chi connectivity index (χ3v) is 5.14. The van der Waals surface area contributed by atoms with E-state index in [0.29, 0.717) is 17.7 Å². The quantitative estimate of drug-likeness (QED) is 0.820. The number of piperazine rings is 1. The molecule has 1 aliphatic heterocycles. The predicted molar refractivity (Wildman–Crippen MR) is 100 cm³/mol. The van der Waals surface area contributed by atoms with Gasteiger partial charge >= 0.3 is 0 Å². The Bertz CT molecular complexity index is 795. The summed E-state index contributed by atoms with van der Waals surface area (Å²) in [4.78, 5) is 16.2. The van der Waals surface area contributed by atoms with Crippen LogP contribution in [0, 0.1) is 6.92 Å². The van der Waals surface area contributed by atoms with Gasteiger partial charge in [0.2, 0.25) is 0 Å². The largest absolute Gasteiger partial charge is 0.493 e. The van der Waals surface area contributed by atoms with E-state index in [1.165, 1.54) is 10.5 Å². The van der Waals surface area contributed by atoms with Crippen molar-refractivity contribution in [2.24, 2.45) is 0 Å². The van der Waals surface area contributed by atoms with Gasteiger partial charge in [-0.1, -0.05) is 12.1 Å². The number of rotatable bonds is 6. The van der Waals surface area contributed by atoms with Crippen LogP contribution in [0.3, 0.4) is 0 Å². The van der Waals surface area contributed by atoms with Gasteiger partial charge in [0.1, 0.15) is 17.9 Å². The van der Waals surface area contributed by atoms with Crippen molar-refractivity contribution >= 4 is 5.91 Å². The molecule has 7 heteroatoms. The van der Waals surface area contributed by atoms with Crippen LogP contribution in [-0.2, 0) is 13.0 Å². The van der Waals surface area contributed by atoms with Gasteiger partial charge in [-0.15, -0.1) is 0 Å². The maximum atomic E-state index is 12.9. The van der Waals surface area contributed by atoms with Crippen LogP contribution in [0.4, 0.5) is 0 Å². The van der Waals surface area contributed by atoms with Crippen LogP contribution in [0.1, 0.15) is 34.3 Å². The Morgan fingerprint density at radius 2 is 1.93 bits per heavy atom. The predicted octanol–water partition coefficient (Wildman–Crippen LogP) is 1.10. The fourth-order valence-corrected chi connectivity index (χ4v) is 3.57. The molecule has 146 valence electrons. The van der Waals surface area contributed by atoms with Gasteiger partial charge in [0.25, 0.3) is 5.91 Å². The average molecular weight is 374 g/mol. The zero-order valence-corrected chi connectivity index (χ0v) is 16.5. The van der Waals surface area contributed by atoms with E-state index in [1.54, 1.807) is 21.1 Å². The summed E-state index contributed by atoms with van der Waals surface area (Å²) in [7, 11) is 3.29. The first-order valence-corrected chi connectivity index (χ1v) is 9.36. The highest BCUT2D eigenvalue weighted by atomic mass is 16.5. The molecule has 0 atom stereocenters. The summed E-state index contributed by atoms with van der Waals surface area (Å²) in [5, 5.41) is 4.00. The van der Waals surface area contributed by atoms with Crippen LogP contribution in [0.25, 0.3) is 0 Å². The van der Waals surface area contributed by atoms with Crippen molar-refractivity contribution in [3.8, 4) is 11.5 Å². The first-order valence-electron chi connectivity index (χ1n) is 9.36. The van der Waals surface area contributed by atoms with Crippen molar-refractivity contribution in [2.45, 2.75) is 26.8 Å². The lowest BCUT2D eigenvalue weighted by Crippen LogP contribution is -3.13. The van der Waals surface area contributed by atoms with Gasteiger partial charge in [0.15, 0.2) is 11.5 Å². The van der Waals surface area contributed by atoms with E-state index in [2.05, 4.69) is 11.2 Å². The zero-order chi connectivity index (χ0) is 19.4. The van der Waals surface area contributed by atoms with Crippen LogP contribution < -0.4 is 14.4 Å². The minimum absolute atomic E-state index is 0.0377. The van der Waals surface area contributed by atoms with E-state index >= 15 is 0 Å². The molecule has 3 rings (SSSR count). The Labute approximate surface area is 159 Å². The van der Waals surface area contributed by atoms with Crippen LogP contribution >= 0.6 is 0 Å². The lowest BCUT2D eigenvalue weighted by atomic mass is 10.1. The van der Waals surface area contributed by atoms with E-state index < -0.39 is 0 Å². The molecule has 1 fully saturated rings. The topological polar surface area (TPSA) is 69.2 Å². The number of hydrogen-bond acceptors (Lipinski definition) is 5. The molecule has 0 aliphatic carbocycles. The minimum atomic E-state index is 0.0377. The van der Waals surface area contributed by atoms with Gasteiger partial charge in [0, 0.05) is 5.56 Å². The van der Waals surface area contributed by atoms with Crippen molar-refractivity contribution < 1.29 is 23.7 Å². The molecule has 2 aromatic rings. The summed E-state index contributed by atoms with van der Waals surface area (Å²) < 4.78 is 15.9. The molecule has 7 nitrogen and oxygen atoms in total. The molecule has 1 aromatic heterocycles. The number of nitrogens with one attached hydrogen (secondary N) is 1. The maximum absolute atomic E-state index is 12.9. The number of nitrogens with zero attached hydrogens (tertiary/aromatic N) is 2. The number of aromatic nitrogens is 1. The lowest BCUT2D eigenvalue weighted by Gasteiger charge is -2.32. The van der Waals surface area contributed by atoms with E-state index in [0.717, 1.165) is 49.9 Å². The fourth-order valence-electron chi connectivity index (χ4n) is 3.57. The van der Waals surface area contributed by atoms with Gasteiger partial charge in [-0.3, -0.25) is 4.79 Å². The van der Waals surface area contributed by atoms with Crippen LogP contribution in [0.5, 0.6) is 11.5 Å². The molecule has 1 aliphatic rings. The number of ether oxygens (including phenoxy) is 2. The molecule has 0 unspecified atom stereocenters. The summed E-state index contributed by atoms with van der Waals surface area (Å²) in [6, 6.07) is 6.03. The van der Waals surface area contributed by atoms with Crippen molar-refractivity contribution in [1.82, 2.24) is 10.1 Å². The maximum Gasteiger partial charge on any atom is 0.259 e. The Hall–Kier alpha value is -2.54. The highest BCUT2D eigenvalue weighted by Gasteiger charge is 2.29. The van der Waals surface area contributed by atoms with Crippen molar-refractivity contribution in [3.63, 3.8) is 0 Å². The molecule has 2 heterocycles. The Morgan fingerprint density at radius 1 is 1.22 bits per heavy atom. The molecule has 1 saturated heterocycles. The summed E-state index contributed by atoms with van der Waals surface area (Å²) in [5.74, 6) is 2.13. The first-order chi connectivity index (χ1) is 13.1. The number of quaternary nitrogens is 1. The molecular weight excluding hydrogens is 346 g/mol. The van der Waals surface area contributed by atoms with Gasteiger partial charge < -0.3 is 23.8 Å². The molecular formula is C20H28N3O4+. The average Bonchev–Trinajstić information content (AvgIpc) is 3.08. The van der Waals surface area contributed by atoms with Gasteiger partial charge in [-0.05, 0) is 31.5 Å². The molecule has 0 bridgehead atoms. The number of amides is 1. The molecule has 0 radical (unpaired) electrons. The lowest BCUT2D eigenvalue weighted by molar-refractivity contribution is -0.917. The van der Waals surface area contributed by atoms with Crippen molar-refractivity contribution in [2.75, 3.05) is 40.4 Å². The van der Waals surface area contributed by atoms with Gasteiger partial charge in [0.05, 0.1) is 46.1 Å². The first kappa shape index (κ1) is 19.2. The fraction of sp³-hybridized carbons (Fsp3) is 0.500. The van der Waals surface area contributed by atoms with Crippen LogP contribution in [0.15, 0.2) is 22.7 Å². The van der Waals surface area contributed by atoms with E-state index in [1.807, 2.05) is 24.0 Å². The second-order valence-electron chi connectivity index (χ2n) is 6.82. The van der Waals surface area contributed by atoms with Crippen LogP contribution in [-0.4, -0.2) is 56.4 Å². The second-order valence-corrected chi connectivity index (χ2v) is 6.82. The third-order valence-electron chi connectivity index (χ3n) is 5.14.